The summed E-state index contributed by atoms with van der Waals surface area (Å²) in [5.41, 5.74) is 4.28. The lowest BCUT2D eigenvalue weighted by molar-refractivity contribution is 0.0933. The lowest BCUT2D eigenvalue weighted by atomic mass is 9.92. The number of nitrogens with one attached hydrogen (secondary N) is 4. The molecule has 6 aromatic rings. The number of fused-ring (bicyclic) bond motifs is 1. The third-order valence-corrected chi connectivity index (χ3v) is 9.65. The van der Waals surface area contributed by atoms with Crippen molar-refractivity contribution in [3.63, 3.8) is 0 Å². The van der Waals surface area contributed by atoms with Gasteiger partial charge in [-0.2, -0.15) is 5.10 Å². The number of rotatable bonds is 12. The van der Waals surface area contributed by atoms with Crippen molar-refractivity contribution in [2.75, 3.05) is 42.1 Å². The number of carbonyl (C=O) groups excluding carboxylic acids is 2. The zero-order valence-electron chi connectivity index (χ0n) is 32.6. The van der Waals surface area contributed by atoms with E-state index in [0.29, 0.717) is 54.9 Å². The minimum absolute atomic E-state index is 0.187. The van der Waals surface area contributed by atoms with Crippen LogP contribution in [0.5, 0.6) is 5.75 Å². The van der Waals surface area contributed by atoms with Gasteiger partial charge in [-0.05, 0) is 68.3 Å². The van der Waals surface area contributed by atoms with Crippen molar-refractivity contribution >= 4 is 45.9 Å². The van der Waals surface area contributed by atoms with Crippen molar-refractivity contribution < 1.29 is 18.7 Å². The predicted molar refractivity (Wildman–Crippen MR) is 220 cm³/mol. The van der Waals surface area contributed by atoms with E-state index in [1.165, 1.54) is 12.4 Å². The van der Waals surface area contributed by atoms with Crippen LogP contribution < -0.4 is 26.0 Å². The maximum absolute atomic E-state index is 13.6. The summed E-state index contributed by atoms with van der Waals surface area (Å²) in [7, 11) is 0. The second-order valence-corrected chi connectivity index (χ2v) is 15.2. The number of halogens is 1. The Kier molecular flexibility index (Phi) is 11.7. The number of pyridine rings is 1. The molecule has 13 nitrogen and oxygen atoms in total. The molecule has 0 radical (unpaired) electrons. The van der Waals surface area contributed by atoms with Crippen molar-refractivity contribution in [2.24, 2.45) is 0 Å². The molecule has 0 aliphatic carbocycles. The zero-order chi connectivity index (χ0) is 39.9. The lowest BCUT2D eigenvalue weighted by Crippen LogP contribution is -2.41. The van der Waals surface area contributed by atoms with Gasteiger partial charge in [-0.1, -0.05) is 62.7 Å². The topological polar surface area (TPSA) is 151 Å². The third-order valence-electron chi connectivity index (χ3n) is 9.65. The summed E-state index contributed by atoms with van der Waals surface area (Å²) in [6, 6.07) is 24.6. The fourth-order valence-electron chi connectivity index (χ4n) is 6.55. The highest BCUT2D eigenvalue weighted by atomic mass is 19.1. The molecule has 0 saturated carbocycles. The highest BCUT2D eigenvalue weighted by Crippen LogP contribution is 2.33. The van der Waals surface area contributed by atoms with Crippen molar-refractivity contribution in [1.29, 1.82) is 0 Å². The Morgan fingerprint density at radius 2 is 1.72 bits per heavy atom. The highest BCUT2D eigenvalue weighted by Gasteiger charge is 2.22. The van der Waals surface area contributed by atoms with Gasteiger partial charge in [0.25, 0.3) is 5.91 Å². The fourth-order valence-corrected chi connectivity index (χ4v) is 6.55. The van der Waals surface area contributed by atoms with Gasteiger partial charge in [-0.15, -0.1) is 0 Å². The molecular formula is C43H47FN10O3. The Bertz CT molecular complexity index is 2340. The van der Waals surface area contributed by atoms with Gasteiger partial charge in [0.2, 0.25) is 0 Å². The van der Waals surface area contributed by atoms with Gasteiger partial charge in [-0.3, -0.25) is 15.0 Å². The molecule has 0 spiro atoms. The fraction of sp³-hybridized carbons (Fsp3) is 0.302. The first-order valence-corrected chi connectivity index (χ1v) is 19.1. The summed E-state index contributed by atoms with van der Waals surface area (Å²) in [5.74, 6) is 1.83. The summed E-state index contributed by atoms with van der Waals surface area (Å²) < 4.78 is 21.7. The second kappa shape index (κ2) is 17.2. The number of alkyl halides is 1. The molecule has 0 bridgehead atoms. The molecule has 1 fully saturated rings. The molecule has 14 heteroatoms. The average molecular weight is 771 g/mol. The Balaban J connectivity index is 0.966. The Labute approximate surface area is 331 Å². The van der Waals surface area contributed by atoms with E-state index in [1.807, 2.05) is 90.7 Å². The minimum Gasteiger partial charge on any atom is -0.488 e. The number of amides is 3. The average Bonchev–Trinajstić information content (AvgIpc) is 3.62. The number of anilines is 4. The van der Waals surface area contributed by atoms with Crippen molar-refractivity contribution in [3.05, 3.63) is 120 Å². The van der Waals surface area contributed by atoms with E-state index >= 15 is 0 Å². The molecule has 3 aromatic heterocycles. The number of benzene rings is 3. The molecule has 4 N–H and O–H groups in total. The molecule has 3 amide bonds. The predicted octanol–water partition coefficient (Wildman–Crippen LogP) is 7.95. The summed E-state index contributed by atoms with van der Waals surface area (Å²) in [6.07, 6.45) is 5.18. The molecule has 4 heterocycles. The van der Waals surface area contributed by atoms with Gasteiger partial charge in [0.1, 0.15) is 41.7 Å². The molecule has 3 aromatic carbocycles. The maximum Gasteiger partial charge on any atom is 0.324 e. The Morgan fingerprint density at radius 3 is 2.47 bits per heavy atom. The van der Waals surface area contributed by atoms with Gasteiger partial charge in [0.05, 0.1) is 29.5 Å². The van der Waals surface area contributed by atoms with Crippen LogP contribution in [0.15, 0.2) is 97.5 Å². The van der Waals surface area contributed by atoms with Crippen LogP contribution in [-0.2, 0) is 12.0 Å². The lowest BCUT2D eigenvalue weighted by Gasteiger charge is -2.28. The summed E-state index contributed by atoms with van der Waals surface area (Å²) in [5, 5.41) is 18.5. The molecule has 1 unspecified atom stereocenters. The molecular weight excluding hydrogens is 724 g/mol. The SMILES string of the molecule is Cc1ccc(-n2nc(C(C)(C)C)cc2NC(=O)Nc2ccc(OCc3ccnc(Nc4cnc(C(=O)NCCN5CCCC(F)C5)cn4)c3)c3ccccc23)cc1. The number of urea groups is 1. The second-order valence-electron chi connectivity index (χ2n) is 15.2. The van der Waals surface area contributed by atoms with Gasteiger partial charge in [0.15, 0.2) is 0 Å². The van der Waals surface area contributed by atoms with E-state index in [4.69, 9.17) is 9.84 Å². The van der Waals surface area contributed by atoms with E-state index in [-0.39, 0.29) is 23.6 Å². The summed E-state index contributed by atoms with van der Waals surface area (Å²) >= 11 is 0. The van der Waals surface area contributed by atoms with E-state index < -0.39 is 12.2 Å². The number of ether oxygens (including phenoxy) is 1. The van der Waals surface area contributed by atoms with E-state index in [0.717, 1.165) is 46.2 Å². The van der Waals surface area contributed by atoms with Gasteiger partial charge >= 0.3 is 6.03 Å². The van der Waals surface area contributed by atoms with Gasteiger partial charge < -0.3 is 20.7 Å². The van der Waals surface area contributed by atoms with Crippen molar-refractivity contribution in [2.45, 2.75) is 58.7 Å². The Morgan fingerprint density at radius 1 is 0.912 bits per heavy atom. The van der Waals surface area contributed by atoms with E-state index in [2.05, 4.69) is 57.0 Å². The van der Waals surface area contributed by atoms with Crippen LogP contribution in [-0.4, -0.2) is 73.9 Å². The van der Waals surface area contributed by atoms with Crippen LogP contribution in [0.4, 0.5) is 32.3 Å². The molecule has 7 rings (SSSR count). The molecule has 1 atom stereocenters. The maximum atomic E-state index is 13.6. The number of carbonyl (C=O) groups is 2. The van der Waals surface area contributed by atoms with Crippen molar-refractivity contribution in [1.82, 2.24) is 34.9 Å². The molecule has 294 valence electrons. The van der Waals surface area contributed by atoms with Crippen LogP contribution in [0.2, 0.25) is 0 Å². The van der Waals surface area contributed by atoms with Gasteiger partial charge in [0, 0.05) is 48.1 Å². The monoisotopic (exact) mass is 770 g/mol. The first-order valence-electron chi connectivity index (χ1n) is 19.1. The molecule has 1 aliphatic heterocycles. The largest absolute Gasteiger partial charge is 0.488 e. The van der Waals surface area contributed by atoms with Crippen LogP contribution >= 0.6 is 0 Å². The number of likely N-dealkylation sites (tertiary alicyclic amines) is 1. The standard InChI is InChI=1S/C43H47FN10O3/c1-28-11-13-31(14-12-28)54-40(23-37(52-54)43(2,3)4)51-42(56)49-34-15-16-36(33-10-6-5-9-32(33)34)57-27-29-17-18-45-38(22-29)50-39-25-47-35(24-48-39)41(55)46-19-21-53-20-7-8-30(44)26-53/h5-6,9-18,22-25,30H,7-8,19-21,26-27H2,1-4H3,(H,46,55)(H,45,48,50)(H2,49,51,56). The number of aryl methyl sites for hydroxylation is 1. The number of aromatic nitrogens is 5. The number of piperidine rings is 1. The molecule has 1 aliphatic rings. The first kappa shape index (κ1) is 38.8. The van der Waals surface area contributed by atoms with E-state index in [9.17, 15) is 14.0 Å². The van der Waals surface area contributed by atoms with Crippen molar-refractivity contribution in [3.8, 4) is 11.4 Å². The van der Waals surface area contributed by atoms with Crippen LogP contribution in [0.25, 0.3) is 16.5 Å². The summed E-state index contributed by atoms with van der Waals surface area (Å²) in [6.45, 7) is 10.8. The zero-order valence-corrected chi connectivity index (χ0v) is 32.6. The summed E-state index contributed by atoms with van der Waals surface area (Å²) in [4.78, 5) is 41.1. The quantitative estimate of drug-likeness (QED) is 0.0972. The van der Waals surface area contributed by atoms with Crippen LogP contribution in [0, 0.1) is 6.92 Å². The number of hydrogen-bond acceptors (Lipinski definition) is 9. The number of hydrogen-bond donors (Lipinski definition) is 4. The molecule has 1 saturated heterocycles. The number of nitrogens with zero attached hydrogens (tertiary/aromatic N) is 6. The third kappa shape index (κ3) is 9.89. The Hall–Kier alpha value is -6.41. The normalized spacial score (nSPS) is 14.6. The molecule has 57 heavy (non-hydrogen) atoms. The van der Waals surface area contributed by atoms with Crippen LogP contribution in [0.1, 0.15) is 60.9 Å². The minimum atomic E-state index is -0.802. The van der Waals surface area contributed by atoms with Gasteiger partial charge in [-0.25, -0.2) is 28.8 Å². The first-order chi connectivity index (χ1) is 27.5. The van der Waals surface area contributed by atoms with E-state index in [1.54, 1.807) is 10.9 Å². The van der Waals surface area contributed by atoms with Crippen LogP contribution in [0.3, 0.4) is 0 Å². The highest BCUT2D eigenvalue weighted by molar-refractivity contribution is 6.07. The smallest absolute Gasteiger partial charge is 0.324 e.